The topological polar surface area (TPSA) is 296 Å². The van der Waals surface area contributed by atoms with Crippen LogP contribution in [0.4, 0.5) is 0 Å². The molecule has 9 atom stereocenters. The van der Waals surface area contributed by atoms with Gasteiger partial charge in [-0.05, 0) is 67.3 Å². The van der Waals surface area contributed by atoms with Crippen LogP contribution < -0.4 is 32.3 Å². The number of fused-ring (bicyclic) bond motifs is 2. The molecule has 5 rings (SSSR count). The van der Waals surface area contributed by atoms with Gasteiger partial charge in [0.1, 0.15) is 60.4 Å². The fraction of sp³-hybridized carbons (Fsp3) is 0.471. The number of benzene rings is 3. The number of likely N-dealkylation sites (N-methyl/N-ethyl adjacent to an activating group) is 1. The molecule has 2 saturated heterocycles. The van der Waals surface area contributed by atoms with Crippen LogP contribution in [0.25, 0.3) is 0 Å². The van der Waals surface area contributed by atoms with Crippen molar-refractivity contribution in [2.75, 3.05) is 7.05 Å². The minimum atomic E-state index is -1.80. The second-order valence-electron chi connectivity index (χ2n) is 18.4. The lowest BCUT2D eigenvalue weighted by atomic mass is 9.95. The Balaban J connectivity index is 1.64. The van der Waals surface area contributed by atoms with Crippen LogP contribution in [0, 0.1) is 5.92 Å². The number of nitrogens with zero attached hydrogens (tertiary/aromatic N) is 2. The minimum absolute atomic E-state index is 0.0265. The first-order valence-corrected chi connectivity index (χ1v) is 23.9. The molecule has 2 bridgehead atoms. The molecule has 3 aromatic rings. The van der Waals surface area contributed by atoms with E-state index in [4.69, 9.17) is 10.5 Å². The molecular weight excluding hydrogens is 917 g/mol. The molecule has 0 aliphatic carbocycles. The van der Waals surface area contributed by atoms with Gasteiger partial charge in [0.25, 0.3) is 0 Å². The number of rotatable bonds is 15. The Bertz CT molecular complexity index is 2370. The number of hydrogen-bond acceptors (Lipinski definition) is 12. The zero-order valence-corrected chi connectivity index (χ0v) is 40.7. The lowest BCUT2D eigenvalue weighted by Gasteiger charge is -2.43. The summed E-state index contributed by atoms with van der Waals surface area (Å²) in [4.78, 5) is 129. The Morgan fingerprint density at radius 1 is 0.761 bits per heavy atom. The maximum absolute atomic E-state index is 15.1. The van der Waals surface area contributed by atoms with Gasteiger partial charge in [-0.1, -0.05) is 93.6 Å². The van der Waals surface area contributed by atoms with E-state index in [-0.39, 0.29) is 57.1 Å². The third kappa shape index (κ3) is 15.1. The molecule has 9 unspecified atom stereocenters. The lowest BCUT2D eigenvalue weighted by molar-refractivity contribution is -0.165. The van der Waals surface area contributed by atoms with Gasteiger partial charge in [0.15, 0.2) is 0 Å². The number of esters is 1. The van der Waals surface area contributed by atoms with Crippen molar-refractivity contribution in [2.24, 2.45) is 11.7 Å². The second-order valence-corrected chi connectivity index (χ2v) is 18.4. The van der Waals surface area contributed by atoms with Crippen molar-refractivity contribution in [1.82, 2.24) is 36.4 Å². The number of primary amides is 1. The van der Waals surface area contributed by atoms with E-state index in [1.807, 2.05) is 0 Å². The summed E-state index contributed by atoms with van der Waals surface area (Å²) in [6, 6.07) is 13.1. The van der Waals surface area contributed by atoms with Crippen LogP contribution in [0.2, 0.25) is 0 Å². The normalized spacial score (nSPS) is 24.3. The van der Waals surface area contributed by atoms with Gasteiger partial charge in [0, 0.05) is 39.2 Å². The highest BCUT2D eigenvalue weighted by molar-refractivity contribution is 5.98. The summed E-state index contributed by atoms with van der Waals surface area (Å²) in [6.07, 6.45) is -3.77. The number of hydrogen-bond donors (Lipinski definition) is 8. The van der Waals surface area contributed by atoms with Crippen LogP contribution in [0.1, 0.15) is 82.9 Å². The Morgan fingerprint density at radius 3 is 1.93 bits per heavy atom. The number of carbonyl (C=O) groups is 9. The first-order chi connectivity index (χ1) is 33.8. The molecule has 71 heavy (non-hydrogen) atoms. The highest BCUT2D eigenvalue weighted by Gasteiger charge is 2.46. The van der Waals surface area contributed by atoms with Gasteiger partial charge in [0.05, 0.1) is 0 Å². The first-order valence-electron chi connectivity index (χ1n) is 23.9. The van der Waals surface area contributed by atoms with E-state index in [9.17, 15) is 48.6 Å². The van der Waals surface area contributed by atoms with Crippen LogP contribution in [0.3, 0.4) is 0 Å². The smallest absolute Gasteiger partial charge is 0.329 e. The monoisotopic (exact) mass is 982 g/mol. The Kier molecular flexibility index (Phi) is 19.6. The van der Waals surface area contributed by atoms with E-state index in [2.05, 4.69) is 26.6 Å². The number of phenols is 1. The highest BCUT2D eigenvalue weighted by Crippen LogP contribution is 2.25. The van der Waals surface area contributed by atoms with Crippen molar-refractivity contribution >= 4 is 53.2 Å². The number of nitrogens with one attached hydrogen (secondary N) is 5. The molecule has 0 aromatic heterocycles. The summed E-state index contributed by atoms with van der Waals surface area (Å²) < 4.78 is 5.90. The third-order valence-electron chi connectivity index (χ3n) is 12.6. The van der Waals surface area contributed by atoms with Crippen LogP contribution in [0.15, 0.2) is 84.9 Å². The molecule has 2 aliphatic rings. The number of nitrogens with two attached hydrogens (primary N) is 1. The van der Waals surface area contributed by atoms with Crippen LogP contribution in [-0.4, -0.2) is 135 Å². The average Bonchev–Trinajstić information content (AvgIpc) is 3.33. The number of piperidine rings is 1. The van der Waals surface area contributed by atoms with Crippen molar-refractivity contribution in [3.05, 3.63) is 102 Å². The molecule has 2 fully saturated rings. The van der Waals surface area contributed by atoms with Crippen molar-refractivity contribution < 1.29 is 58.1 Å². The Hall–Kier alpha value is -7.35. The molecule has 2 aliphatic heterocycles. The summed E-state index contributed by atoms with van der Waals surface area (Å²) in [7, 11) is 1.39. The zero-order chi connectivity index (χ0) is 51.9. The molecule has 20 heteroatoms. The number of aliphatic hydroxyl groups excluding tert-OH is 1. The number of aliphatic hydroxyl groups is 1. The number of aromatic hydroxyl groups is 1. The maximum Gasteiger partial charge on any atom is 0.329 e. The molecule has 0 spiro atoms. The molecule has 0 saturated carbocycles. The summed E-state index contributed by atoms with van der Waals surface area (Å²) in [6.45, 7) is 6.30. The van der Waals surface area contributed by atoms with E-state index in [1.165, 1.54) is 43.1 Å². The maximum atomic E-state index is 15.1. The van der Waals surface area contributed by atoms with Crippen molar-refractivity contribution in [1.29, 1.82) is 0 Å². The quantitative estimate of drug-likeness (QED) is 0.0975. The fourth-order valence-electron chi connectivity index (χ4n) is 8.56. The first kappa shape index (κ1) is 54.6. The Morgan fingerprint density at radius 2 is 1.35 bits per heavy atom. The number of cyclic esters (lactones) is 1. The van der Waals surface area contributed by atoms with Crippen LogP contribution >= 0.6 is 0 Å². The van der Waals surface area contributed by atoms with E-state index < -0.39 is 114 Å². The van der Waals surface area contributed by atoms with Gasteiger partial charge >= 0.3 is 5.97 Å². The van der Waals surface area contributed by atoms with E-state index in [1.54, 1.807) is 81.4 Å². The third-order valence-corrected chi connectivity index (χ3v) is 12.6. The predicted octanol–water partition coefficient (Wildman–Crippen LogP) is 0.647. The number of ether oxygens (including phenoxy) is 1. The average molecular weight is 983 g/mol. The van der Waals surface area contributed by atoms with Gasteiger partial charge < -0.3 is 57.1 Å². The number of carbonyl (C=O) groups excluding carboxylic acids is 9. The fourth-order valence-corrected chi connectivity index (χ4v) is 8.56. The van der Waals surface area contributed by atoms with Crippen LogP contribution in [0.5, 0.6) is 5.75 Å². The van der Waals surface area contributed by atoms with Crippen molar-refractivity contribution in [3.8, 4) is 5.75 Å². The molecule has 20 nitrogen and oxygen atoms in total. The van der Waals surface area contributed by atoms with Gasteiger partial charge in [-0.2, -0.15) is 0 Å². The van der Waals surface area contributed by atoms with Gasteiger partial charge in [-0.25, -0.2) is 4.79 Å². The van der Waals surface area contributed by atoms with Gasteiger partial charge in [-0.3, -0.25) is 38.4 Å². The number of amides is 8. The highest BCUT2D eigenvalue weighted by atomic mass is 16.5. The SMILES string of the molecule is CCCC(=O)NC(CCC(N)=O)C(=O)NC1C(=O)NC(Cc2ccc(O)cc2)C(=O)NC2CCC(O)N(C2=O)C(Cc2ccccc2)C(=O)N(C)C(Cc2ccccc2)C(=O)NC(C(C)C)C(=O)OC1C. The standard InChI is InChI=1S/C51H66N8O12/c1-6-13-41(62)53-35(22-24-40(52)61)45(64)57-44-30(4)71-51(70)43(29(2)3)56-47(66)38(27-31-14-9-7-10-15-31)58(5)50(69)39(28-32-16-11-8-12-17-32)59-42(63)25-23-36(49(59)68)54-46(65)37(55-48(44)67)26-33-18-20-34(60)21-19-33/h7-12,14-21,29-30,35-39,42-44,60,63H,6,13,22-28H2,1-5H3,(H2,52,61)(H,53,62)(H,54,65)(H,55,67)(H,56,66)(H,57,64). The molecule has 3 aromatic carbocycles. The predicted molar refractivity (Wildman–Crippen MR) is 258 cm³/mol. The number of phenolic OH excluding ortho intramolecular Hbond substituents is 1. The zero-order valence-electron chi connectivity index (χ0n) is 40.7. The minimum Gasteiger partial charge on any atom is -0.508 e. The molecular formula is C51H66N8O12. The summed E-state index contributed by atoms with van der Waals surface area (Å²) >= 11 is 0. The molecule has 8 amide bonds. The van der Waals surface area contributed by atoms with E-state index in [0.717, 1.165) is 4.90 Å². The lowest BCUT2D eigenvalue weighted by Crippen LogP contribution is -2.65. The molecule has 0 radical (unpaired) electrons. The second kappa shape index (κ2) is 25.5. The summed E-state index contributed by atoms with van der Waals surface area (Å²) in [5.41, 5.74) is 7.10. The van der Waals surface area contributed by atoms with Crippen molar-refractivity contribution in [2.45, 2.75) is 140 Å². The molecule has 9 N–H and O–H groups in total. The van der Waals surface area contributed by atoms with Gasteiger partial charge in [0.2, 0.25) is 47.3 Å². The van der Waals surface area contributed by atoms with Crippen molar-refractivity contribution in [3.63, 3.8) is 0 Å². The molecule has 382 valence electrons. The largest absolute Gasteiger partial charge is 0.508 e. The molecule has 2 heterocycles. The van der Waals surface area contributed by atoms with Crippen LogP contribution in [-0.2, 0) is 67.2 Å². The summed E-state index contributed by atoms with van der Waals surface area (Å²) in [5.74, 6) is -8.31. The summed E-state index contributed by atoms with van der Waals surface area (Å²) in [5, 5.41) is 34.8. The Labute approximate surface area is 412 Å². The van der Waals surface area contributed by atoms with Gasteiger partial charge in [-0.15, -0.1) is 0 Å². The van der Waals surface area contributed by atoms with E-state index in [0.29, 0.717) is 23.1 Å². The van der Waals surface area contributed by atoms with E-state index >= 15 is 4.79 Å².